The van der Waals surface area contributed by atoms with Crippen molar-refractivity contribution < 1.29 is 59.8 Å². The fourth-order valence-corrected chi connectivity index (χ4v) is 10.7. The molecule has 3 aromatic heterocycles. The molecule has 8 rings (SSSR count). The molecule has 0 bridgehead atoms. The van der Waals surface area contributed by atoms with E-state index < -0.39 is 88.3 Å². The van der Waals surface area contributed by atoms with Gasteiger partial charge in [-0.15, -0.1) is 0 Å². The van der Waals surface area contributed by atoms with Crippen LogP contribution in [-0.4, -0.2) is 91.0 Å². The maximum absolute atomic E-state index is 16.4. The predicted molar refractivity (Wildman–Crippen MR) is 199 cm³/mol. The van der Waals surface area contributed by atoms with Crippen LogP contribution in [0.5, 0.6) is 17.2 Å². The van der Waals surface area contributed by atoms with Gasteiger partial charge < -0.3 is 29.6 Å². The van der Waals surface area contributed by atoms with Crippen LogP contribution < -0.4 is 26.5 Å². The van der Waals surface area contributed by atoms with E-state index in [4.69, 9.17) is 42.8 Å². The summed E-state index contributed by atoms with van der Waals surface area (Å²) in [6.45, 7) is -6.28. The number of anilines is 1. The number of phosphoric ester groups is 1. The Balaban J connectivity index is 1.07. The lowest BCUT2D eigenvalue weighted by molar-refractivity contribution is -0.0619. The van der Waals surface area contributed by atoms with E-state index in [1.54, 1.807) is 55.6 Å². The zero-order valence-corrected chi connectivity index (χ0v) is 32.5. The van der Waals surface area contributed by atoms with Crippen molar-refractivity contribution in [3.05, 3.63) is 99.9 Å². The summed E-state index contributed by atoms with van der Waals surface area (Å²) in [7, 11) is -3.66. The number of imidazole rings is 1. The van der Waals surface area contributed by atoms with E-state index >= 15 is 8.78 Å². The van der Waals surface area contributed by atoms with Gasteiger partial charge in [0, 0.05) is 18.0 Å². The monoisotopic (exact) mass is 867 g/mol. The normalized spacial score (nSPS) is 31.5. The third-order valence-corrected chi connectivity index (χ3v) is 13.9. The number of phosphoric acid groups is 1. The van der Waals surface area contributed by atoms with Gasteiger partial charge in [-0.1, -0.05) is 12.1 Å². The van der Waals surface area contributed by atoms with Gasteiger partial charge in [-0.05, 0) is 53.3 Å². The average molecular weight is 868 g/mol. The van der Waals surface area contributed by atoms with Crippen LogP contribution in [0, 0.1) is 0 Å². The molecule has 3 aliphatic rings. The Morgan fingerprint density at radius 3 is 2.17 bits per heavy atom. The van der Waals surface area contributed by atoms with E-state index in [0.29, 0.717) is 38.8 Å². The Hall–Kier alpha value is -4.54. The number of nitrogens with two attached hydrogens (primary N) is 1. The fourth-order valence-electron chi connectivity index (χ4n) is 6.39. The van der Waals surface area contributed by atoms with Gasteiger partial charge in [0.1, 0.15) is 53.5 Å². The van der Waals surface area contributed by atoms with Crippen LogP contribution in [0.3, 0.4) is 0 Å². The first-order chi connectivity index (χ1) is 27.8. The van der Waals surface area contributed by atoms with Crippen LogP contribution in [0.25, 0.3) is 11.2 Å². The Bertz CT molecular complexity index is 2500. The van der Waals surface area contributed by atoms with Gasteiger partial charge in [0.15, 0.2) is 36.3 Å². The lowest BCUT2D eigenvalue weighted by atomic mass is 10.1. The van der Waals surface area contributed by atoms with Crippen LogP contribution in [0.4, 0.5) is 14.6 Å². The molecular formula is C33H33F2N7O13P2S. The molecule has 0 aliphatic carbocycles. The number of rotatable bonds is 8. The van der Waals surface area contributed by atoms with E-state index in [2.05, 4.69) is 15.0 Å². The number of aromatic nitrogens is 6. The molecule has 6 heterocycles. The van der Waals surface area contributed by atoms with Gasteiger partial charge in [0.25, 0.3) is 5.56 Å². The van der Waals surface area contributed by atoms with Gasteiger partial charge >= 0.3 is 20.3 Å². The van der Waals surface area contributed by atoms with Crippen molar-refractivity contribution in [1.29, 1.82) is 0 Å². The number of fused-ring (bicyclic) bond motifs is 3. The molecule has 2 unspecified atom stereocenters. The molecule has 3 saturated heterocycles. The third kappa shape index (κ3) is 8.32. The number of benzene rings is 2. The molecule has 308 valence electrons. The quantitative estimate of drug-likeness (QED) is 0.185. The summed E-state index contributed by atoms with van der Waals surface area (Å²) in [6, 6.07) is 14.6. The van der Waals surface area contributed by atoms with E-state index in [9.17, 15) is 23.6 Å². The largest absolute Gasteiger partial charge is 0.497 e. The minimum atomic E-state index is -5.21. The molecule has 0 saturated carbocycles. The van der Waals surface area contributed by atoms with Gasteiger partial charge in [0.05, 0.1) is 26.7 Å². The number of nitrogen functional groups attached to an aromatic ring is 1. The van der Waals surface area contributed by atoms with Crippen molar-refractivity contribution in [2.45, 2.75) is 55.0 Å². The highest BCUT2D eigenvalue weighted by Crippen LogP contribution is 2.65. The fraction of sp³-hybridized carbons (Fsp3) is 0.364. The summed E-state index contributed by atoms with van der Waals surface area (Å²) in [5.74, 6) is 1.65. The van der Waals surface area contributed by atoms with Crippen LogP contribution in [0.2, 0.25) is 0 Å². The number of halogens is 2. The van der Waals surface area contributed by atoms with Crippen LogP contribution in [-0.2, 0) is 42.5 Å². The van der Waals surface area contributed by atoms with Gasteiger partial charge in [0.2, 0.25) is 0 Å². The highest BCUT2D eigenvalue weighted by Gasteiger charge is 2.55. The molecule has 3 aliphatic heterocycles. The van der Waals surface area contributed by atoms with Crippen molar-refractivity contribution in [2.24, 2.45) is 0 Å². The summed E-state index contributed by atoms with van der Waals surface area (Å²) < 4.78 is 108. The van der Waals surface area contributed by atoms with Crippen molar-refractivity contribution in [3.63, 3.8) is 0 Å². The summed E-state index contributed by atoms with van der Waals surface area (Å²) in [6.07, 6.45) is -11.5. The van der Waals surface area contributed by atoms with Crippen molar-refractivity contribution in [2.75, 3.05) is 26.1 Å². The van der Waals surface area contributed by atoms with Crippen molar-refractivity contribution in [3.8, 4) is 17.2 Å². The first-order valence-electron chi connectivity index (χ1n) is 17.3. The molecule has 4 N–H and O–H groups in total. The molecule has 58 heavy (non-hydrogen) atoms. The third-order valence-electron chi connectivity index (χ3n) is 9.23. The lowest BCUT2D eigenvalue weighted by Crippen LogP contribution is -2.38. The van der Waals surface area contributed by atoms with Crippen LogP contribution in [0.15, 0.2) is 83.0 Å². The van der Waals surface area contributed by atoms with Gasteiger partial charge in [-0.2, -0.15) is 0 Å². The Labute approximate surface area is 329 Å². The molecule has 20 nitrogen and oxygen atoms in total. The van der Waals surface area contributed by atoms with E-state index in [1.807, 2.05) is 4.98 Å². The summed E-state index contributed by atoms with van der Waals surface area (Å²) >= 11 is 0.644. The molecule has 5 aromatic rings. The van der Waals surface area contributed by atoms with Crippen LogP contribution >= 0.6 is 26.0 Å². The number of nitrogens with one attached hydrogen (secondary N) is 1. The number of H-pyrrole nitrogens is 1. The number of nitrogens with zero attached hydrogens (tertiary/aromatic N) is 5. The molecular weight excluding hydrogens is 834 g/mol. The van der Waals surface area contributed by atoms with Crippen molar-refractivity contribution in [1.82, 2.24) is 29.1 Å². The standard InChI is InChI=1S/C33H33F2N7O13P2S/c1-48-18-6-8-20(9-7-18)51-19-4-2-17(3-5-19)14-58-57(47)50-13-22-27(24(34)32(53-22)42-16-39-26-29(36)37-15-38-30(26)42)54-56(45,46)49-12-21-28(55-57)25(35)31(52-21)41-11-10-23(43)40-33(41)44/h2-11,15-16,21-22,24-25,27-28,31-32H,12-14H2,1H3,(H,45,46)(H2,36,37,38)(H,40,43,44)/t21-,22-,24-,25-,27-,28-,31-,32-,57?/m1/s1. The molecule has 25 heteroatoms. The Kier molecular flexibility index (Phi) is 11.3. The van der Waals surface area contributed by atoms with Crippen LogP contribution in [0.1, 0.15) is 18.0 Å². The maximum atomic E-state index is 16.4. The smallest absolute Gasteiger partial charge is 0.472 e. The predicted octanol–water partition coefficient (Wildman–Crippen LogP) is 4.19. The van der Waals surface area contributed by atoms with E-state index in [0.717, 1.165) is 18.6 Å². The number of ether oxygens (including phenoxy) is 4. The second-order valence-corrected chi connectivity index (χ2v) is 18.4. The van der Waals surface area contributed by atoms with Crippen molar-refractivity contribution >= 4 is 43.0 Å². The van der Waals surface area contributed by atoms with Gasteiger partial charge in [-0.25, -0.2) is 37.7 Å². The molecule has 0 radical (unpaired) electrons. The zero-order valence-electron chi connectivity index (χ0n) is 29.9. The minimum absolute atomic E-state index is 0.00222. The highest BCUT2D eigenvalue weighted by atomic mass is 32.7. The van der Waals surface area contributed by atoms with Gasteiger partial charge in [-0.3, -0.25) is 37.0 Å². The SMILES string of the molecule is COc1ccc(Oc2ccc(CSP3(=O)OC[C@H]4O[C@@H](n5cnc6c(N)ncnc65)[C@H](F)[C@@H]4OP(=O)(O)OC[C@H]4O[C@@H](n5ccc(=O)[nH]c5=O)[C@H](F)[C@@H]4O3)cc2)cc1. The summed E-state index contributed by atoms with van der Waals surface area (Å²) in [5, 5.41) is 0. The van der Waals surface area contributed by atoms with E-state index in [-0.39, 0.29) is 22.7 Å². The first-order valence-corrected chi connectivity index (χ1v) is 21.9. The number of aromatic amines is 1. The topological polar surface area (TPSA) is 253 Å². The molecule has 0 spiro atoms. The summed E-state index contributed by atoms with van der Waals surface area (Å²) in [4.78, 5) is 49.2. The molecule has 2 aromatic carbocycles. The molecule has 0 amide bonds. The lowest BCUT2D eigenvalue weighted by Gasteiger charge is -2.29. The molecule has 3 fully saturated rings. The van der Waals surface area contributed by atoms with E-state index in [1.165, 1.54) is 10.9 Å². The second-order valence-electron chi connectivity index (χ2n) is 13.0. The minimum Gasteiger partial charge on any atom is -0.497 e. The highest BCUT2D eigenvalue weighted by molar-refractivity contribution is 8.54. The molecule has 10 atom stereocenters. The number of hydrogen-bond acceptors (Lipinski definition) is 17. The number of alkyl halides is 2. The Morgan fingerprint density at radius 2 is 1.50 bits per heavy atom. The Morgan fingerprint density at radius 1 is 0.879 bits per heavy atom. The average Bonchev–Trinajstić information content (AvgIpc) is 3.86. The first kappa shape index (κ1) is 40.2. The second kappa shape index (κ2) is 16.3. The number of methoxy groups -OCH3 is 1. The summed E-state index contributed by atoms with van der Waals surface area (Å²) in [5.41, 5.74) is 4.88. The maximum Gasteiger partial charge on any atom is 0.472 e. The number of hydrogen-bond donors (Lipinski definition) is 3. The zero-order chi connectivity index (χ0) is 40.8.